The largest absolute Gasteiger partial charge is 0.435 e. The summed E-state index contributed by atoms with van der Waals surface area (Å²) in [5, 5.41) is 0. The Morgan fingerprint density at radius 2 is 1.96 bits per heavy atom. The lowest BCUT2D eigenvalue weighted by atomic mass is 9.57. The molecular formula is C20H32O3. The van der Waals surface area contributed by atoms with Gasteiger partial charge in [-0.05, 0) is 42.9 Å². The molecule has 3 heteroatoms. The molecule has 0 amide bonds. The standard InChI is InChI=1S/C20H32O3/c1-14(21)23-17-20(5)10-7-15(11-16(20)12-22-17)19(4)9-6-8-18(2,3)13-19/h11,16-17H,6-10,12-13H2,1-5H3/t16-,17+,19-,20-/m0/s1. The lowest BCUT2D eigenvalue weighted by molar-refractivity contribution is -0.184. The van der Waals surface area contributed by atoms with Crippen LogP contribution in [0.1, 0.15) is 73.1 Å². The fourth-order valence-electron chi connectivity index (χ4n) is 5.31. The second-order valence-electron chi connectivity index (χ2n) is 9.33. The molecule has 1 saturated carbocycles. The first kappa shape index (κ1) is 17.0. The van der Waals surface area contributed by atoms with Gasteiger partial charge >= 0.3 is 5.97 Å². The summed E-state index contributed by atoms with van der Waals surface area (Å²) in [6.07, 6.45) is 9.53. The van der Waals surface area contributed by atoms with E-state index < -0.39 is 0 Å². The molecule has 2 aliphatic carbocycles. The van der Waals surface area contributed by atoms with Gasteiger partial charge in [0.2, 0.25) is 6.29 Å². The molecule has 0 aromatic carbocycles. The maximum Gasteiger partial charge on any atom is 0.304 e. The molecule has 23 heavy (non-hydrogen) atoms. The second kappa shape index (κ2) is 5.61. The molecule has 3 nitrogen and oxygen atoms in total. The normalized spacial score (nSPS) is 42.7. The van der Waals surface area contributed by atoms with Crippen molar-refractivity contribution in [3.05, 3.63) is 11.6 Å². The van der Waals surface area contributed by atoms with Crippen molar-refractivity contribution in [2.45, 2.75) is 79.4 Å². The number of fused-ring (bicyclic) bond motifs is 1. The smallest absolute Gasteiger partial charge is 0.304 e. The van der Waals surface area contributed by atoms with Crippen LogP contribution in [0.25, 0.3) is 0 Å². The summed E-state index contributed by atoms with van der Waals surface area (Å²) in [5.41, 5.74) is 2.35. The third kappa shape index (κ3) is 3.09. The number of hydrogen-bond acceptors (Lipinski definition) is 3. The highest BCUT2D eigenvalue weighted by Crippen LogP contribution is 2.56. The number of carbonyl (C=O) groups is 1. The van der Waals surface area contributed by atoms with Crippen LogP contribution in [0, 0.1) is 22.2 Å². The first-order valence-electron chi connectivity index (χ1n) is 9.15. The van der Waals surface area contributed by atoms with Gasteiger partial charge in [0.15, 0.2) is 0 Å². The van der Waals surface area contributed by atoms with Crippen molar-refractivity contribution in [2.24, 2.45) is 22.2 Å². The van der Waals surface area contributed by atoms with Gasteiger partial charge in [-0.25, -0.2) is 0 Å². The van der Waals surface area contributed by atoms with E-state index in [1.165, 1.54) is 32.6 Å². The molecule has 3 rings (SSSR count). The van der Waals surface area contributed by atoms with Gasteiger partial charge in [0, 0.05) is 18.3 Å². The number of carbonyl (C=O) groups excluding carboxylic acids is 1. The zero-order chi connectivity index (χ0) is 16.9. The topological polar surface area (TPSA) is 35.5 Å². The predicted octanol–water partition coefficient (Wildman–Crippen LogP) is 4.86. The van der Waals surface area contributed by atoms with Gasteiger partial charge in [-0.1, -0.05) is 45.8 Å². The van der Waals surface area contributed by atoms with Crippen LogP contribution in [0.4, 0.5) is 0 Å². The minimum atomic E-state index is -0.376. The van der Waals surface area contributed by atoms with E-state index >= 15 is 0 Å². The van der Waals surface area contributed by atoms with Gasteiger partial charge in [-0.15, -0.1) is 0 Å². The molecule has 0 N–H and O–H groups in total. The van der Waals surface area contributed by atoms with Crippen molar-refractivity contribution < 1.29 is 14.3 Å². The van der Waals surface area contributed by atoms with Gasteiger partial charge in [-0.3, -0.25) is 4.79 Å². The number of allylic oxidation sites excluding steroid dienone is 1. The van der Waals surface area contributed by atoms with Gasteiger partial charge in [0.1, 0.15) is 0 Å². The molecule has 1 heterocycles. The Bertz CT molecular complexity index is 521. The Morgan fingerprint density at radius 1 is 1.22 bits per heavy atom. The van der Waals surface area contributed by atoms with Crippen LogP contribution in [0.2, 0.25) is 0 Å². The maximum absolute atomic E-state index is 11.3. The van der Waals surface area contributed by atoms with Crippen molar-refractivity contribution in [1.29, 1.82) is 0 Å². The molecule has 0 spiro atoms. The molecule has 4 atom stereocenters. The Balaban J connectivity index is 1.81. The highest BCUT2D eigenvalue weighted by molar-refractivity contribution is 5.66. The Hall–Kier alpha value is -0.830. The van der Waals surface area contributed by atoms with Crippen LogP contribution in [0.5, 0.6) is 0 Å². The van der Waals surface area contributed by atoms with Crippen molar-refractivity contribution in [3.8, 4) is 0 Å². The molecule has 3 aliphatic rings. The van der Waals surface area contributed by atoms with Crippen LogP contribution in [0.3, 0.4) is 0 Å². The number of esters is 1. The monoisotopic (exact) mass is 320 g/mol. The van der Waals surface area contributed by atoms with Gasteiger partial charge < -0.3 is 9.47 Å². The molecule has 0 aromatic heterocycles. The summed E-state index contributed by atoms with van der Waals surface area (Å²) in [6.45, 7) is 11.6. The van der Waals surface area contributed by atoms with Gasteiger partial charge in [0.05, 0.1) is 6.61 Å². The van der Waals surface area contributed by atoms with E-state index in [-0.39, 0.29) is 17.7 Å². The average molecular weight is 320 g/mol. The lowest BCUT2D eigenvalue weighted by Crippen LogP contribution is -2.40. The summed E-state index contributed by atoms with van der Waals surface area (Å²) < 4.78 is 11.3. The fourth-order valence-corrected chi connectivity index (χ4v) is 5.31. The Morgan fingerprint density at radius 3 is 2.61 bits per heavy atom. The van der Waals surface area contributed by atoms with Crippen molar-refractivity contribution in [3.63, 3.8) is 0 Å². The van der Waals surface area contributed by atoms with E-state index in [1.54, 1.807) is 5.57 Å². The molecule has 0 aromatic rings. The highest BCUT2D eigenvalue weighted by Gasteiger charge is 2.52. The lowest BCUT2D eigenvalue weighted by Gasteiger charge is -2.47. The van der Waals surface area contributed by atoms with E-state index in [1.807, 2.05) is 0 Å². The first-order chi connectivity index (χ1) is 10.6. The minimum Gasteiger partial charge on any atom is -0.435 e. The summed E-state index contributed by atoms with van der Waals surface area (Å²) in [6, 6.07) is 0. The van der Waals surface area contributed by atoms with Crippen LogP contribution in [-0.4, -0.2) is 18.9 Å². The van der Waals surface area contributed by atoms with Crippen LogP contribution < -0.4 is 0 Å². The molecule has 0 bridgehead atoms. The molecular weight excluding hydrogens is 288 g/mol. The maximum atomic E-state index is 11.3. The Labute approximate surface area is 140 Å². The third-order valence-corrected chi connectivity index (χ3v) is 6.65. The highest BCUT2D eigenvalue weighted by atomic mass is 16.7. The quantitative estimate of drug-likeness (QED) is 0.538. The van der Waals surface area contributed by atoms with Crippen molar-refractivity contribution >= 4 is 5.97 Å². The summed E-state index contributed by atoms with van der Waals surface area (Å²) in [5.74, 6) is 0.130. The summed E-state index contributed by atoms with van der Waals surface area (Å²) in [7, 11) is 0. The molecule has 130 valence electrons. The Kier molecular flexibility index (Phi) is 4.15. The predicted molar refractivity (Wildman–Crippen MR) is 90.8 cm³/mol. The summed E-state index contributed by atoms with van der Waals surface area (Å²) >= 11 is 0. The SMILES string of the molecule is CC(=O)O[C@H]1OC[C@@H]2C=C([C@@]3(C)CCCC(C)(C)C3)CC[C@]12C. The molecule has 0 radical (unpaired) electrons. The minimum absolute atomic E-state index is 0.0598. The fraction of sp³-hybridized carbons (Fsp3) is 0.850. The van der Waals surface area contributed by atoms with E-state index in [0.717, 1.165) is 12.8 Å². The molecule has 0 unspecified atom stereocenters. The zero-order valence-electron chi connectivity index (χ0n) is 15.4. The van der Waals surface area contributed by atoms with E-state index in [2.05, 4.69) is 33.8 Å². The summed E-state index contributed by atoms with van der Waals surface area (Å²) in [4.78, 5) is 11.3. The van der Waals surface area contributed by atoms with Crippen LogP contribution in [-0.2, 0) is 14.3 Å². The van der Waals surface area contributed by atoms with Gasteiger partial charge in [0.25, 0.3) is 0 Å². The molecule has 2 fully saturated rings. The van der Waals surface area contributed by atoms with Crippen LogP contribution in [0.15, 0.2) is 11.6 Å². The van der Waals surface area contributed by atoms with Crippen LogP contribution >= 0.6 is 0 Å². The number of ether oxygens (including phenoxy) is 2. The molecule has 1 aliphatic heterocycles. The van der Waals surface area contributed by atoms with Crippen molar-refractivity contribution in [1.82, 2.24) is 0 Å². The average Bonchev–Trinajstić information content (AvgIpc) is 2.73. The third-order valence-electron chi connectivity index (χ3n) is 6.65. The molecule has 1 saturated heterocycles. The van der Waals surface area contributed by atoms with E-state index in [0.29, 0.717) is 23.4 Å². The zero-order valence-corrected chi connectivity index (χ0v) is 15.4. The van der Waals surface area contributed by atoms with Gasteiger partial charge in [-0.2, -0.15) is 0 Å². The van der Waals surface area contributed by atoms with E-state index in [9.17, 15) is 4.79 Å². The number of hydrogen-bond donors (Lipinski definition) is 0. The van der Waals surface area contributed by atoms with E-state index in [4.69, 9.17) is 9.47 Å². The first-order valence-corrected chi connectivity index (χ1v) is 9.15. The van der Waals surface area contributed by atoms with Crippen molar-refractivity contribution in [2.75, 3.05) is 6.61 Å². The second-order valence-corrected chi connectivity index (χ2v) is 9.33. The number of rotatable bonds is 2.